The number of aryl methyl sites for hydroxylation is 2. The van der Waals surface area contributed by atoms with Crippen LogP contribution in [0.1, 0.15) is 40.1 Å². The zero-order valence-electron chi connectivity index (χ0n) is 12.2. The number of ketones is 1. The Bertz CT molecular complexity index is 915. The minimum absolute atomic E-state index is 0.0245. The van der Waals surface area contributed by atoms with Crippen LogP contribution in [-0.4, -0.2) is 16.9 Å². The quantitative estimate of drug-likeness (QED) is 0.921. The van der Waals surface area contributed by atoms with Crippen molar-refractivity contribution in [3.63, 3.8) is 0 Å². The molecule has 0 atom stereocenters. The van der Waals surface area contributed by atoms with Gasteiger partial charge in [-0.05, 0) is 31.0 Å². The normalized spacial score (nSPS) is 13.9. The minimum Gasteiger partial charge on any atom is -0.481 e. The van der Waals surface area contributed by atoms with Crippen LogP contribution in [0, 0.1) is 13.8 Å². The van der Waals surface area contributed by atoms with Crippen molar-refractivity contribution >= 4 is 28.3 Å². The van der Waals surface area contributed by atoms with Crippen molar-refractivity contribution < 1.29 is 19.1 Å². The number of carbonyl (C=O) groups is 2. The summed E-state index contributed by atoms with van der Waals surface area (Å²) in [5.74, 6) is -1.27. The van der Waals surface area contributed by atoms with Crippen LogP contribution in [0.2, 0.25) is 0 Å². The summed E-state index contributed by atoms with van der Waals surface area (Å²) in [6.45, 7) is 3.73. The van der Waals surface area contributed by atoms with Crippen LogP contribution in [-0.2, 0) is 4.79 Å². The van der Waals surface area contributed by atoms with E-state index < -0.39 is 5.97 Å². The summed E-state index contributed by atoms with van der Waals surface area (Å²) in [5.41, 5.74) is 2.14. The highest BCUT2D eigenvalue weighted by Gasteiger charge is 2.28. The number of aliphatic carboxylic acids is 1. The number of benzene rings is 1. The largest absolute Gasteiger partial charge is 0.481 e. The maximum atomic E-state index is 12.6. The lowest BCUT2D eigenvalue weighted by molar-refractivity contribution is -0.135. The molecule has 0 bridgehead atoms. The topological polar surface area (TPSA) is 84.6 Å². The Hall–Kier alpha value is -2.69. The van der Waals surface area contributed by atoms with Gasteiger partial charge in [0.1, 0.15) is 16.9 Å². The maximum Gasteiger partial charge on any atom is 0.307 e. The van der Waals surface area contributed by atoms with E-state index in [0.717, 1.165) is 11.1 Å². The molecule has 5 nitrogen and oxygen atoms in total. The molecule has 0 saturated carbocycles. The first-order chi connectivity index (χ1) is 10.4. The molecule has 1 aromatic heterocycles. The Morgan fingerprint density at radius 3 is 2.68 bits per heavy atom. The van der Waals surface area contributed by atoms with E-state index in [1.807, 2.05) is 19.9 Å². The standard InChI is InChI=1S/C17H14O5/c1-8-3-5-11-15(21)14-12(18)6-4-10(7-13(19)20)17(14)22-16(11)9(8)2/h3-5H,6-7H2,1-2H3,(H,19,20). The Kier molecular flexibility index (Phi) is 3.20. The fourth-order valence-corrected chi connectivity index (χ4v) is 2.70. The first kappa shape index (κ1) is 14.3. The molecule has 112 valence electrons. The van der Waals surface area contributed by atoms with Crippen molar-refractivity contribution in [1.82, 2.24) is 0 Å². The monoisotopic (exact) mass is 298 g/mol. The van der Waals surface area contributed by atoms with E-state index in [4.69, 9.17) is 9.52 Å². The van der Waals surface area contributed by atoms with Crippen LogP contribution in [0.15, 0.2) is 27.4 Å². The Labute approximate surface area is 125 Å². The van der Waals surface area contributed by atoms with Gasteiger partial charge in [-0.2, -0.15) is 0 Å². The molecule has 1 aliphatic rings. The van der Waals surface area contributed by atoms with Crippen molar-refractivity contribution in [1.29, 1.82) is 0 Å². The van der Waals surface area contributed by atoms with Gasteiger partial charge in [0.15, 0.2) is 5.78 Å². The molecule has 1 heterocycles. The molecule has 5 heteroatoms. The van der Waals surface area contributed by atoms with E-state index in [-0.39, 0.29) is 35.4 Å². The smallest absolute Gasteiger partial charge is 0.307 e. The van der Waals surface area contributed by atoms with Crippen LogP contribution in [0.4, 0.5) is 0 Å². The van der Waals surface area contributed by atoms with E-state index in [2.05, 4.69) is 0 Å². The molecule has 0 spiro atoms. The third-order valence-electron chi connectivity index (χ3n) is 4.03. The van der Waals surface area contributed by atoms with Gasteiger partial charge in [0.05, 0.1) is 11.8 Å². The van der Waals surface area contributed by atoms with Gasteiger partial charge in [-0.25, -0.2) is 0 Å². The third-order valence-corrected chi connectivity index (χ3v) is 4.03. The van der Waals surface area contributed by atoms with Crippen LogP contribution in [0.5, 0.6) is 0 Å². The summed E-state index contributed by atoms with van der Waals surface area (Å²) >= 11 is 0. The van der Waals surface area contributed by atoms with E-state index >= 15 is 0 Å². The van der Waals surface area contributed by atoms with Gasteiger partial charge in [0.25, 0.3) is 0 Å². The number of hydrogen-bond acceptors (Lipinski definition) is 4. The van der Waals surface area contributed by atoms with Gasteiger partial charge in [-0.15, -0.1) is 0 Å². The first-order valence-electron chi connectivity index (χ1n) is 6.91. The van der Waals surface area contributed by atoms with Crippen molar-refractivity contribution in [2.24, 2.45) is 0 Å². The van der Waals surface area contributed by atoms with Crippen molar-refractivity contribution in [3.05, 3.63) is 50.9 Å². The summed E-state index contributed by atoms with van der Waals surface area (Å²) < 4.78 is 5.81. The number of allylic oxidation sites excluding steroid dienone is 1. The number of fused-ring (bicyclic) bond motifs is 2. The zero-order chi connectivity index (χ0) is 16.0. The molecule has 3 rings (SSSR count). The van der Waals surface area contributed by atoms with Crippen LogP contribution >= 0.6 is 0 Å². The molecular weight excluding hydrogens is 284 g/mol. The van der Waals surface area contributed by atoms with Crippen LogP contribution < -0.4 is 5.43 Å². The Morgan fingerprint density at radius 1 is 1.27 bits per heavy atom. The molecular formula is C17H14O5. The third kappa shape index (κ3) is 2.06. The maximum absolute atomic E-state index is 12.6. The van der Waals surface area contributed by atoms with E-state index in [9.17, 15) is 14.4 Å². The fourth-order valence-electron chi connectivity index (χ4n) is 2.70. The SMILES string of the molecule is Cc1ccc2c(=O)c3c(oc2c1C)C(CC(=O)O)=CCC3=O. The Balaban J connectivity index is 2.39. The number of Topliss-reactive ketones (excluding diaryl/α,β-unsaturated/α-hetero) is 1. The summed E-state index contributed by atoms with van der Waals surface area (Å²) in [6.07, 6.45) is 1.27. The molecule has 0 unspecified atom stereocenters. The zero-order valence-corrected chi connectivity index (χ0v) is 12.2. The van der Waals surface area contributed by atoms with Gasteiger partial charge in [-0.1, -0.05) is 12.1 Å². The average molecular weight is 298 g/mol. The van der Waals surface area contributed by atoms with E-state index in [1.54, 1.807) is 6.07 Å². The summed E-state index contributed by atoms with van der Waals surface area (Å²) in [6, 6.07) is 3.45. The first-order valence-corrected chi connectivity index (χ1v) is 6.91. The van der Waals surface area contributed by atoms with Gasteiger partial charge in [0, 0.05) is 12.0 Å². The molecule has 0 fully saturated rings. The van der Waals surface area contributed by atoms with E-state index in [1.165, 1.54) is 6.08 Å². The second kappa shape index (κ2) is 4.94. The van der Waals surface area contributed by atoms with Crippen molar-refractivity contribution in [2.45, 2.75) is 26.7 Å². The molecule has 1 aromatic carbocycles. The molecule has 1 N–H and O–H groups in total. The molecule has 22 heavy (non-hydrogen) atoms. The number of carboxylic acids is 1. The van der Waals surface area contributed by atoms with Crippen LogP contribution in [0.25, 0.3) is 16.5 Å². The lowest BCUT2D eigenvalue weighted by Crippen LogP contribution is -2.21. The van der Waals surface area contributed by atoms with Crippen molar-refractivity contribution in [3.8, 4) is 0 Å². The average Bonchev–Trinajstić information content (AvgIpc) is 2.46. The summed E-state index contributed by atoms with van der Waals surface area (Å²) in [5, 5.41) is 9.35. The van der Waals surface area contributed by atoms with Gasteiger partial charge in [0.2, 0.25) is 5.43 Å². The number of hydrogen-bond donors (Lipinski definition) is 1. The number of carbonyl (C=O) groups excluding carboxylic acids is 1. The van der Waals surface area contributed by atoms with E-state index in [0.29, 0.717) is 16.5 Å². The van der Waals surface area contributed by atoms with Crippen LogP contribution in [0.3, 0.4) is 0 Å². The predicted molar refractivity (Wildman–Crippen MR) is 81.1 cm³/mol. The molecule has 2 aromatic rings. The fraction of sp³-hybridized carbons (Fsp3) is 0.235. The lowest BCUT2D eigenvalue weighted by atomic mass is 9.92. The summed E-state index contributed by atoms with van der Waals surface area (Å²) in [7, 11) is 0. The highest BCUT2D eigenvalue weighted by molar-refractivity contribution is 6.07. The molecule has 0 aliphatic heterocycles. The van der Waals surface area contributed by atoms with Gasteiger partial charge in [-0.3, -0.25) is 14.4 Å². The van der Waals surface area contributed by atoms with Gasteiger partial charge >= 0.3 is 5.97 Å². The summed E-state index contributed by atoms with van der Waals surface area (Å²) in [4.78, 5) is 35.7. The second-order valence-electron chi connectivity index (χ2n) is 5.45. The van der Waals surface area contributed by atoms with Gasteiger partial charge < -0.3 is 9.52 Å². The predicted octanol–water partition coefficient (Wildman–Crippen LogP) is 2.85. The molecule has 0 radical (unpaired) electrons. The molecule has 0 saturated heterocycles. The lowest BCUT2D eigenvalue weighted by Gasteiger charge is -2.16. The highest BCUT2D eigenvalue weighted by Crippen LogP contribution is 2.31. The number of rotatable bonds is 2. The van der Waals surface area contributed by atoms with Crippen molar-refractivity contribution in [2.75, 3.05) is 0 Å². The minimum atomic E-state index is -1.03. The Morgan fingerprint density at radius 2 is 2.00 bits per heavy atom. The number of carboxylic acid groups (broad SMARTS) is 1. The second-order valence-corrected chi connectivity index (χ2v) is 5.45. The molecule has 1 aliphatic carbocycles. The highest BCUT2D eigenvalue weighted by atomic mass is 16.4. The molecule has 0 amide bonds.